The minimum absolute atomic E-state index is 0.0738. The van der Waals surface area contributed by atoms with Crippen molar-refractivity contribution in [3.63, 3.8) is 0 Å². The molecule has 0 aliphatic heterocycles. The van der Waals surface area contributed by atoms with Crippen molar-refractivity contribution in [3.05, 3.63) is 0 Å². The molecule has 7 heteroatoms. The zero-order chi connectivity index (χ0) is 20.9. The van der Waals surface area contributed by atoms with Gasteiger partial charge in [0.1, 0.15) is 18.3 Å². The molecular weight excluding hydrogens is 364 g/mol. The molecule has 0 spiro atoms. The van der Waals surface area contributed by atoms with Gasteiger partial charge in [-0.25, -0.2) is 0 Å². The van der Waals surface area contributed by atoms with Crippen LogP contribution in [0.15, 0.2) is 0 Å². The number of rotatable bonds is 22. The zero-order valence-corrected chi connectivity index (χ0v) is 17.8. The topological polar surface area (TPSA) is 109 Å². The third kappa shape index (κ3) is 19.1. The summed E-state index contributed by atoms with van der Waals surface area (Å²) in [7, 11) is 0. The smallest absolute Gasteiger partial charge is 0.104 e. The highest BCUT2D eigenvalue weighted by molar-refractivity contribution is 4.59. The third-order valence-electron chi connectivity index (χ3n) is 4.51. The van der Waals surface area contributed by atoms with E-state index >= 15 is 0 Å². The van der Waals surface area contributed by atoms with Gasteiger partial charge in [-0.05, 0) is 6.42 Å². The molecule has 0 aromatic heterocycles. The van der Waals surface area contributed by atoms with Crippen LogP contribution in [-0.2, 0) is 14.2 Å². The van der Waals surface area contributed by atoms with Crippen LogP contribution in [0.1, 0.15) is 71.1 Å². The molecule has 0 saturated carbocycles. The fourth-order valence-electron chi connectivity index (χ4n) is 2.75. The SMILES string of the molecule is CCCCCCCCCCCCOCC(O)COCC(CO)OCC(O)CO. The largest absolute Gasteiger partial charge is 0.394 e. The molecule has 0 amide bonds. The van der Waals surface area contributed by atoms with Crippen LogP contribution >= 0.6 is 0 Å². The second-order valence-electron chi connectivity index (χ2n) is 7.42. The first-order valence-electron chi connectivity index (χ1n) is 11.0. The van der Waals surface area contributed by atoms with Crippen molar-refractivity contribution in [2.75, 3.05) is 46.2 Å². The van der Waals surface area contributed by atoms with Crippen molar-refractivity contribution in [3.8, 4) is 0 Å². The van der Waals surface area contributed by atoms with Crippen LogP contribution in [0.4, 0.5) is 0 Å². The molecule has 0 radical (unpaired) electrons. The summed E-state index contributed by atoms with van der Waals surface area (Å²) in [6.07, 6.45) is 10.5. The van der Waals surface area contributed by atoms with Crippen molar-refractivity contribution in [1.29, 1.82) is 0 Å². The van der Waals surface area contributed by atoms with Gasteiger partial charge in [0.2, 0.25) is 0 Å². The molecule has 170 valence electrons. The van der Waals surface area contributed by atoms with Crippen molar-refractivity contribution in [1.82, 2.24) is 0 Å². The minimum Gasteiger partial charge on any atom is -0.394 e. The Morgan fingerprint density at radius 2 is 1.18 bits per heavy atom. The number of ether oxygens (including phenoxy) is 3. The monoisotopic (exact) mass is 408 g/mol. The summed E-state index contributed by atoms with van der Waals surface area (Å²) in [6.45, 7) is 2.59. The lowest BCUT2D eigenvalue weighted by atomic mass is 10.1. The first-order valence-corrected chi connectivity index (χ1v) is 11.0. The summed E-state index contributed by atoms with van der Waals surface area (Å²) in [6, 6.07) is 0. The van der Waals surface area contributed by atoms with E-state index in [0.29, 0.717) is 6.61 Å². The van der Waals surface area contributed by atoms with Crippen molar-refractivity contribution in [2.45, 2.75) is 89.4 Å². The van der Waals surface area contributed by atoms with Gasteiger partial charge >= 0.3 is 0 Å². The Morgan fingerprint density at radius 3 is 1.75 bits per heavy atom. The van der Waals surface area contributed by atoms with Gasteiger partial charge in [0.15, 0.2) is 0 Å². The lowest BCUT2D eigenvalue weighted by Crippen LogP contribution is -2.31. The molecule has 0 bridgehead atoms. The van der Waals surface area contributed by atoms with E-state index < -0.39 is 24.9 Å². The van der Waals surface area contributed by atoms with E-state index in [0.717, 1.165) is 12.8 Å². The summed E-state index contributed by atoms with van der Waals surface area (Å²) in [5, 5.41) is 36.9. The highest BCUT2D eigenvalue weighted by Gasteiger charge is 2.12. The molecule has 0 aromatic carbocycles. The van der Waals surface area contributed by atoms with Gasteiger partial charge < -0.3 is 34.6 Å². The number of unbranched alkanes of at least 4 members (excludes halogenated alkanes) is 9. The zero-order valence-electron chi connectivity index (χ0n) is 17.8. The Labute approximate surface area is 171 Å². The Balaban J connectivity index is 3.39. The van der Waals surface area contributed by atoms with E-state index in [1.807, 2.05) is 0 Å². The Kier molecular flexibility index (Phi) is 21.2. The Hall–Kier alpha value is -0.280. The Bertz CT molecular complexity index is 304. The summed E-state index contributed by atoms with van der Waals surface area (Å²) < 4.78 is 16.0. The number of aliphatic hydroxyl groups excluding tert-OH is 4. The van der Waals surface area contributed by atoms with Crippen LogP contribution in [0.5, 0.6) is 0 Å². The van der Waals surface area contributed by atoms with E-state index in [1.54, 1.807) is 0 Å². The average Bonchev–Trinajstić information content (AvgIpc) is 2.70. The summed E-state index contributed by atoms with van der Waals surface area (Å²) in [5.74, 6) is 0. The molecule has 3 unspecified atom stereocenters. The van der Waals surface area contributed by atoms with Gasteiger partial charge in [-0.2, -0.15) is 0 Å². The molecule has 0 aliphatic carbocycles. The lowest BCUT2D eigenvalue weighted by molar-refractivity contribution is -0.0904. The fourth-order valence-corrected chi connectivity index (χ4v) is 2.75. The molecule has 0 saturated heterocycles. The second-order valence-corrected chi connectivity index (χ2v) is 7.42. The molecule has 0 aromatic rings. The quantitative estimate of drug-likeness (QED) is 0.203. The van der Waals surface area contributed by atoms with E-state index in [4.69, 9.17) is 24.4 Å². The standard InChI is InChI=1S/C21H44O7/c1-2-3-4-5-6-7-8-9-10-11-12-26-15-20(25)16-27-18-21(14-23)28-17-19(24)13-22/h19-25H,2-18H2,1H3. The molecule has 0 heterocycles. The molecule has 4 N–H and O–H groups in total. The number of hydrogen-bond donors (Lipinski definition) is 4. The van der Waals surface area contributed by atoms with Crippen LogP contribution in [0.25, 0.3) is 0 Å². The molecule has 0 aliphatic rings. The third-order valence-corrected chi connectivity index (χ3v) is 4.51. The summed E-state index contributed by atoms with van der Waals surface area (Å²) in [5.41, 5.74) is 0. The lowest BCUT2D eigenvalue weighted by Gasteiger charge is -2.18. The summed E-state index contributed by atoms with van der Waals surface area (Å²) in [4.78, 5) is 0. The van der Waals surface area contributed by atoms with Gasteiger partial charge in [-0.3, -0.25) is 0 Å². The maximum absolute atomic E-state index is 9.83. The molecule has 7 nitrogen and oxygen atoms in total. The molecular formula is C21H44O7. The number of hydrogen-bond acceptors (Lipinski definition) is 7. The first-order chi connectivity index (χ1) is 13.6. The van der Waals surface area contributed by atoms with E-state index in [9.17, 15) is 10.2 Å². The maximum Gasteiger partial charge on any atom is 0.104 e. The molecule has 3 atom stereocenters. The minimum atomic E-state index is -0.973. The van der Waals surface area contributed by atoms with Crippen LogP contribution in [0, 0.1) is 0 Å². The van der Waals surface area contributed by atoms with E-state index in [1.165, 1.54) is 51.4 Å². The number of aliphatic hydroxyl groups is 4. The van der Waals surface area contributed by atoms with Crippen molar-refractivity contribution < 1.29 is 34.6 Å². The van der Waals surface area contributed by atoms with Crippen LogP contribution in [0.2, 0.25) is 0 Å². The van der Waals surface area contributed by atoms with Gasteiger partial charge in [-0.1, -0.05) is 64.7 Å². The van der Waals surface area contributed by atoms with Crippen molar-refractivity contribution in [2.24, 2.45) is 0 Å². The second kappa shape index (κ2) is 21.4. The molecule has 0 rings (SSSR count). The summed E-state index contributed by atoms with van der Waals surface area (Å²) >= 11 is 0. The predicted molar refractivity (Wildman–Crippen MR) is 109 cm³/mol. The highest BCUT2D eigenvalue weighted by Crippen LogP contribution is 2.10. The fraction of sp³-hybridized carbons (Fsp3) is 1.00. The van der Waals surface area contributed by atoms with Gasteiger partial charge in [0.05, 0.1) is 39.6 Å². The van der Waals surface area contributed by atoms with Crippen LogP contribution in [0.3, 0.4) is 0 Å². The van der Waals surface area contributed by atoms with Gasteiger partial charge in [0, 0.05) is 6.61 Å². The Morgan fingerprint density at radius 1 is 0.607 bits per heavy atom. The van der Waals surface area contributed by atoms with E-state index in [-0.39, 0.29) is 33.0 Å². The first kappa shape index (κ1) is 27.7. The van der Waals surface area contributed by atoms with Crippen LogP contribution < -0.4 is 0 Å². The normalized spacial score (nSPS) is 14.9. The van der Waals surface area contributed by atoms with Crippen molar-refractivity contribution >= 4 is 0 Å². The van der Waals surface area contributed by atoms with Gasteiger partial charge in [0.25, 0.3) is 0 Å². The molecule has 28 heavy (non-hydrogen) atoms. The average molecular weight is 409 g/mol. The van der Waals surface area contributed by atoms with Crippen LogP contribution in [-0.4, -0.2) is 85.0 Å². The van der Waals surface area contributed by atoms with E-state index in [2.05, 4.69) is 6.92 Å². The predicted octanol–water partition coefficient (Wildman–Crippen LogP) is 2.03. The molecule has 0 fully saturated rings. The van der Waals surface area contributed by atoms with Gasteiger partial charge in [-0.15, -0.1) is 0 Å². The highest BCUT2D eigenvalue weighted by atomic mass is 16.6. The maximum atomic E-state index is 9.83.